The van der Waals surface area contributed by atoms with Gasteiger partial charge in [-0.1, -0.05) is 0 Å². The zero-order chi connectivity index (χ0) is 9.26. The number of fused-ring (bicyclic) bond motifs is 2. The molecule has 2 aliphatic rings. The van der Waals surface area contributed by atoms with E-state index in [1.165, 1.54) is 7.11 Å². The third-order valence-corrected chi connectivity index (χ3v) is 2.97. The zero-order valence-electron chi connectivity index (χ0n) is 7.79. The van der Waals surface area contributed by atoms with Gasteiger partial charge >= 0.3 is 5.97 Å². The van der Waals surface area contributed by atoms with Crippen LogP contribution < -0.4 is 5.32 Å². The summed E-state index contributed by atoms with van der Waals surface area (Å²) in [5.74, 6) is 0.597. The molecule has 2 aliphatic heterocycles. The minimum absolute atomic E-state index is 0.0556. The van der Waals surface area contributed by atoms with E-state index >= 15 is 0 Å². The molecule has 2 heterocycles. The predicted molar refractivity (Wildman–Crippen MR) is 46.2 cm³/mol. The molecule has 0 aromatic heterocycles. The van der Waals surface area contributed by atoms with E-state index in [0.717, 1.165) is 13.1 Å². The Hall–Kier alpha value is -0.610. The van der Waals surface area contributed by atoms with Crippen molar-refractivity contribution in [2.75, 3.05) is 33.4 Å². The molecule has 0 aromatic rings. The molecule has 2 saturated heterocycles. The quantitative estimate of drug-likeness (QED) is 0.567. The molecular weight excluding hydrogens is 170 g/mol. The Morgan fingerprint density at radius 2 is 2.00 bits per heavy atom. The number of nitrogens with one attached hydrogen (secondary N) is 1. The summed E-state index contributed by atoms with van der Waals surface area (Å²) in [5, 5.41) is 3.31. The Bertz CT molecular complexity index is 185. The van der Waals surface area contributed by atoms with Crippen molar-refractivity contribution in [2.45, 2.75) is 0 Å². The number of piperidine rings is 1. The molecule has 0 amide bonds. The molecule has 74 valence electrons. The minimum atomic E-state index is -0.0696. The summed E-state index contributed by atoms with van der Waals surface area (Å²) in [5.41, 5.74) is 0. The molecule has 0 saturated carbocycles. The van der Waals surface area contributed by atoms with Gasteiger partial charge in [-0.25, -0.2) is 0 Å². The number of ether oxygens (including phenoxy) is 2. The van der Waals surface area contributed by atoms with Crippen molar-refractivity contribution in [1.29, 1.82) is 0 Å². The second-order valence-corrected chi connectivity index (χ2v) is 3.76. The van der Waals surface area contributed by atoms with Crippen molar-refractivity contribution in [3.05, 3.63) is 0 Å². The second-order valence-electron chi connectivity index (χ2n) is 3.76. The van der Waals surface area contributed by atoms with E-state index in [4.69, 9.17) is 9.47 Å². The average Bonchev–Trinajstić information content (AvgIpc) is 2.15. The molecule has 4 heteroatoms. The molecule has 0 radical (unpaired) electrons. The molecule has 0 aliphatic carbocycles. The highest BCUT2D eigenvalue weighted by molar-refractivity contribution is 5.73. The SMILES string of the molecule is COC(=O)C1C2CNCC1COC2. The van der Waals surface area contributed by atoms with E-state index in [9.17, 15) is 4.79 Å². The van der Waals surface area contributed by atoms with Crippen molar-refractivity contribution >= 4 is 5.97 Å². The van der Waals surface area contributed by atoms with E-state index in [0.29, 0.717) is 25.0 Å². The van der Waals surface area contributed by atoms with E-state index in [1.807, 2.05) is 0 Å². The lowest BCUT2D eigenvalue weighted by molar-refractivity contribution is -0.158. The maximum absolute atomic E-state index is 11.5. The van der Waals surface area contributed by atoms with Crippen molar-refractivity contribution in [1.82, 2.24) is 5.32 Å². The van der Waals surface area contributed by atoms with Gasteiger partial charge in [0.2, 0.25) is 0 Å². The van der Waals surface area contributed by atoms with Crippen LogP contribution in [0.5, 0.6) is 0 Å². The fourth-order valence-corrected chi connectivity index (χ4v) is 2.31. The Morgan fingerprint density at radius 1 is 1.38 bits per heavy atom. The summed E-state index contributed by atoms with van der Waals surface area (Å²) >= 11 is 0. The Balaban J connectivity index is 2.10. The van der Waals surface area contributed by atoms with Gasteiger partial charge in [-0.15, -0.1) is 0 Å². The highest BCUT2D eigenvalue weighted by Gasteiger charge is 2.42. The molecule has 2 atom stereocenters. The lowest BCUT2D eigenvalue weighted by atomic mass is 9.77. The van der Waals surface area contributed by atoms with Crippen LogP contribution in [-0.4, -0.2) is 39.4 Å². The molecule has 2 unspecified atom stereocenters. The van der Waals surface area contributed by atoms with E-state index in [1.54, 1.807) is 0 Å². The van der Waals surface area contributed by atoms with Gasteiger partial charge in [0, 0.05) is 24.9 Å². The van der Waals surface area contributed by atoms with Gasteiger partial charge in [-0.05, 0) is 0 Å². The number of carbonyl (C=O) groups is 1. The van der Waals surface area contributed by atoms with Gasteiger partial charge in [-0.2, -0.15) is 0 Å². The summed E-state index contributed by atoms with van der Waals surface area (Å²) in [6, 6.07) is 0. The number of esters is 1. The predicted octanol–water partition coefficient (Wildman–Crippen LogP) is -0.359. The van der Waals surface area contributed by atoms with E-state index in [2.05, 4.69) is 5.32 Å². The lowest BCUT2D eigenvalue weighted by Crippen LogP contribution is -2.53. The molecule has 2 bridgehead atoms. The number of carbonyl (C=O) groups excluding carboxylic acids is 1. The normalized spacial score (nSPS) is 38.4. The highest BCUT2D eigenvalue weighted by Crippen LogP contribution is 2.30. The van der Waals surface area contributed by atoms with Crippen LogP contribution in [-0.2, 0) is 14.3 Å². The number of methoxy groups -OCH3 is 1. The van der Waals surface area contributed by atoms with Crippen molar-refractivity contribution in [2.24, 2.45) is 17.8 Å². The molecule has 2 fully saturated rings. The molecular formula is C9H15NO3. The molecule has 0 spiro atoms. The van der Waals surface area contributed by atoms with Gasteiger partial charge in [-0.3, -0.25) is 4.79 Å². The van der Waals surface area contributed by atoms with Gasteiger partial charge in [0.25, 0.3) is 0 Å². The van der Waals surface area contributed by atoms with Crippen molar-refractivity contribution in [3.8, 4) is 0 Å². The van der Waals surface area contributed by atoms with Crippen LogP contribution in [0.25, 0.3) is 0 Å². The fraction of sp³-hybridized carbons (Fsp3) is 0.889. The molecule has 1 N–H and O–H groups in total. The van der Waals surface area contributed by atoms with Crippen molar-refractivity contribution in [3.63, 3.8) is 0 Å². The first-order valence-electron chi connectivity index (χ1n) is 4.69. The van der Waals surface area contributed by atoms with Gasteiger partial charge in [0.1, 0.15) is 0 Å². The largest absolute Gasteiger partial charge is 0.469 e. The van der Waals surface area contributed by atoms with Crippen LogP contribution in [0.4, 0.5) is 0 Å². The van der Waals surface area contributed by atoms with E-state index < -0.39 is 0 Å². The van der Waals surface area contributed by atoms with Crippen molar-refractivity contribution < 1.29 is 14.3 Å². The van der Waals surface area contributed by atoms with Gasteiger partial charge in [0.15, 0.2) is 0 Å². The van der Waals surface area contributed by atoms with Crippen LogP contribution in [0.3, 0.4) is 0 Å². The summed E-state index contributed by atoms with van der Waals surface area (Å²) in [6.07, 6.45) is 0. The topological polar surface area (TPSA) is 47.6 Å². The van der Waals surface area contributed by atoms with Gasteiger partial charge < -0.3 is 14.8 Å². The van der Waals surface area contributed by atoms with Gasteiger partial charge in [0.05, 0.1) is 26.2 Å². The number of hydrogen-bond donors (Lipinski definition) is 1. The van der Waals surface area contributed by atoms with Crippen LogP contribution in [0, 0.1) is 17.8 Å². The fourth-order valence-electron chi connectivity index (χ4n) is 2.31. The van der Waals surface area contributed by atoms with Crippen LogP contribution in [0.2, 0.25) is 0 Å². The van der Waals surface area contributed by atoms with Crippen LogP contribution in [0.15, 0.2) is 0 Å². The maximum Gasteiger partial charge on any atom is 0.309 e. The standard InChI is InChI=1S/C9H15NO3/c1-12-9(11)8-6-2-10-3-7(8)5-13-4-6/h6-8,10H,2-5H2,1H3. The third kappa shape index (κ3) is 1.56. The average molecular weight is 185 g/mol. The lowest BCUT2D eigenvalue weighted by Gasteiger charge is -2.40. The molecule has 2 rings (SSSR count). The minimum Gasteiger partial charge on any atom is -0.469 e. The molecule has 0 aromatic carbocycles. The summed E-state index contributed by atoms with van der Waals surface area (Å²) in [6.45, 7) is 3.11. The highest BCUT2D eigenvalue weighted by atomic mass is 16.5. The summed E-state index contributed by atoms with van der Waals surface area (Å²) in [4.78, 5) is 11.5. The third-order valence-electron chi connectivity index (χ3n) is 2.97. The Labute approximate surface area is 77.6 Å². The Morgan fingerprint density at radius 3 is 2.54 bits per heavy atom. The zero-order valence-corrected chi connectivity index (χ0v) is 7.79. The number of rotatable bonds is 1. The maximum atomic E-state index is 11.5. The number of hydrogen-bond acceptors (Lipinski definition) is 4. The van der Waals surface area contributed by atoms with E-state index in [-0.39, 0.29) is 11.9 Å². The van der Waals surface area contributed by atoms with Crippen LogP contribution in [0.1, 0.15) is 0 Å². The molecule has 4 nitrogen and oxygen atoms in total. The second kappa shape index (κ2) is 3.64. The first-order valence-corrected chi connectivity index (χ1v) is 4.69. The van der Waals surface area contributed by atoms with Crippen LogP contribution >= 0.6 is 0 Å². The first-order chi connectivity index (χ1) is 6.33. The smallest absolute Gasteiger partial charge is 0.309 e. The first kappa shape index (κ1) is 8.97. The summed E-state index contributed by atoms with van der Waals surface area (Å²) < 4.78 is 10.2. The summed E-state index contributed by atoms with van der Waals surface area (Å²) in [7, 11) is 1.46. The monoisotopic (exact) mass is 185 g/mol. The molecule has 13 heavy (non-hydrogen) atoms. The Kier molecular flexibility index (Phi) is 2.51.